The molecule has 0 radical (unpaired) electrons. The highest BCUT2D eigenvalue weighted by Gasteiger charge is 2.22. The standard InChI is InChI=1S/C14H12BrClO2/c1-18-14(17)11-3-2-4-12(16)13(11)9-5-7-10(15)8-6-9/h4-8H,2-3H2,1H3. The molecule has 0 atom stereocenters. The van der Waals surface area contributed by atoms with Gasteiger partial charge >= 0.3 is 5.97 Å². The third-order valence-corrected chi connectivity index (χ3v) is 3.70. The number of benzene rings is 1. The lowest BCUT2D eigenvalue weighted by Gasteiger charge is -2.17. The van der Waals surface area contributed by atoms with E-state index in [-0.39, 0.29) is 5.97 Å². The van der Waals surface area contributed by atoms with E-state index < -0.39 is 0 Å². The molecule has 0 heterocycles. The molecule has 0 bridgehead atoms. The van der Waals surface area contributed by atoms with Gasteiger partial charge in [0, 0.05) is 20.7 Å². The van der Waals surface area contributed by atoms with Gasteiger partial charge in [0.05, 0.1) is 7.11 Å². The van der Waals surface area contributed by atoms with Crippen LogP contribution in [-0.2, 0) is 9.53 Å². The second kappa shape index (κ2) is 5.72. The number of allylic oxidation sites excluding steroid dienone is 3. The van der Waals surface area contributed by atoms with Crippen LogP contribution in [0.5, 0.6) is 0 Å². The molecule has 2 rings (SSSR count). The fraction of sp³-hybridized carbons (Fsp3) is 0.214. The zero-order valence-electron chi connectivity index (χ0n) is 9.87. The largest absolute Gasteiger partial charge is 0.466 e. The Morgan fingerprint density at radius 2 is 2.00 bits per heavy atom. The second-order valence-corrected chi connectivity index (χ2v) is 5.27. The molecular formula is C14H12BrClO2. The molecule has 0 saturated carbocycles. The van der Waals surface area contributed by atoms with E-state index in [0.29, 0.717) is 17.0 Å². The van der Waals surface area contributed by atoms with Gasteiger partial charge in [-0.15, -0.1) is 0 Å². The minimum Gasteiger partial charge on any atom is -0.466 e. The van der Waals surface area contributed by atoms with E-state index in [2.05, 4.69) is 15.9 Å². The topological polar surface area (TPSA) is 26.3 Å². The highest BCUT2D eigenvalue weighted by molar-refractivity contribution is 9.10. The van der Waals surface area contributed by atoms with E-state index in [9.17, 15) is 4.79 Å². The second-order valence-electron chi connectivity index (χ2n) is 3.94. The van der Waals surface area contributed by atoms with Crippen molar-refractivity contribution in [3.05, 3.63) is 51.0 Å². The van der Waals surface area contributed by atoms with Crippen molar-refractivity contribution in [1.82, 2.24) is 0 Å². The molecule has 94 valence electrons. The van der Waals surface area contributed by atoms with Crippen LogP contribution in [0.2, 0.25) is 0 Å². The van der Waals surface area contributed by atoms with Crippen molar-refractivity contribution >= 4 is 39.1 Å². The van der Waals surface area contributed by atoms with Gasteiger partial charge in [-0.2, -0.15) is 0 Å². The Labute approximate surface area is 119 Å². The first-order chi connectivity index (χ1) is 8.63. The first kappa shape index (κ1) is 13.4. The van der Waals surface area contributed by atoms with Crippen molar-refractivity contribution in [3.8, 4) is 0 Å². The van der Waals surface area contributed by atoms with E-state index in [0.717, 1.165) is 22.0 Å². The number of hydrogen-bond donors (Lipinski definition) is 0. The molecule has 0 fully saturated rings. The third kappa shape index (κ3) is 2.68. The molecule has 0 aliphatic heterocycles. The van der Waals surface area contributed by atoms with Gasteiger partial charge in [0.2, 0.25) is 0 Å². The smallest absolute Gasteiger partial charge is 0.334 e. The summed E-state index contributed by atoms with van der Waals surface area (Å²) in [5.74, 6) is -0.306. The Balaban J connectivity index is 2.53. The summed E-state index contributed by atoms with van der Waals surface area (Å²) in [5.41, 5.74) is 2.36. The summed E-state index contributed by atoms with van der Waals surface area (Å²) in [6, 6.07) is 7.72. The third-order valence-electron chi connectivity index (χ3n) is 2.82. The van der Waals surface area contributed by atoms with E-state index in [1.54, 1.807) is 0 Å². The van der Waals surface area contributed by atoms with Crippen LogP contribution in [0.3, 0.4) is 0 Å². The lowest BCUT2D eigenvalue weighted by Crippen LogP contribution is -2.10. The monoisotopic (exact) mass is 326 g/mol. The Morgan fingerprint density at radius 1 is 1.33 bits per heavy atom. The van der Waals surface area contributed by atoms with Crippen molar-refractivity contribution in [2.75, 3.05) is 7.11 Å². The minimum atomic E-state index is -0.306. The summed E-state index contributed by atoms with van der Waals surface area (Å²) in [5, 5.41) is 0.615. The van der Waals surface area contributed by atoms with Crippen LogP contribution in [0.25, 0.3) is 5.57 Å². The average Bonchev–Trinajstić information content (AvgIpc) is 2.39. The maximum atomic E-state index is 11.8. The maximum absolute atomic E-state index is 11.8. The Morgan fingerprint density at radius 3 is 2.61 bits per heavy atom. The molecule has 0 unspecified atom stereocenters. The molecule has 0 N–H and O–H groups in total. The molecular weight excluding hydrogens is 316 g/mol. The molecule has 0 amide bonds. The summed E-state index contributed by atoms with van der Waals surface area (Å²) in [6.07, 6.45) is 3.36. The van der Waals surface area contributed by atoms with Crippen LogP contribution in [0.1, 0.15) is 18.4 Å². The fourth-order valence-electron chi connectivity index (χ4n) is 1.97. The van der Waals surface area contributed by atoms with Gasteiger partial charge in [0.15, 0.2) is 0 Å². The molecule has 18 heavy (non-hydrogen) atoms. The summed E-state index contributed by atoms with van der Waals surface area (Å²) >= 11 is 9.62. The highest BCUT2D eigenvalue weighted by Crippen LogP contribution is 2.36. The number of esters is 1. The maximum Gasteiger partial charge on any atom is 0.334 e. The summed E-state index contributed by atoms with van der Waals surface area (Å²) in [7, 11) is 1.39. The van der Waals surface area contributed by atoms with E-state index in [1.807, 2.05) is 30.3 Å². The number of halogens is 2. The quantitative estimate of drug-likeness (QED) is 0.757. The Bertz CT molecular complexity index is 529. The van der Waals surface area contributed by atoms with Crippen molar-refractivity contribution in [3.63, 3.8) is 0 Å². The van der Waals surface area contributed by atoms with Gasteiger partial charge < -0.3 is 4.74 Å². The molecule has 2 nitrogen and oxygen atoms in total. The van der Waals surface area contributed by atoms with Crippen LogP contribution in [0.4, 0.5) is 0 Å². The van der Waals surface area contributed by atoms with Crippen molar-refractivity contribution in [2.24, 2.45) is 0 Å². The first-order valence-corrected chi connectivity index (χ1v) is 6.74. The van der Waals surface area contributed by atoms with Gasteiger partial charge in [-0.1, -0.05) is 45.7 Å². The molecule has 1 aliphatic carbocycles. The minimum absolute atomic E-state index is 0.306. The zero-order chi connectivity index (χ0) is 13.1. The van der Waals surface area contributed by atoms with Gasteiger partial charge in [-0.25, -0.2) is 4.79 Å². The number of rotatable bonds is 2. The number of hydrogen-bond acceptors (Lipinski definition) is 2. The molecule has 1 aromatic rings. The molecule has 0 saturated heterocycles. The van der Waals surface area contributed by atoms with Crippen LogP contribution in [-0.4, -0.2) is 13.1 Å². The Kier molecular flexibility index (Phi) is 4.25. The molecule has 4 heteroatoms. The number of carbonyl (C=O) groups is 1. The van der Waals surface area contributed by atoms with Gasteiger partial charge in [0.1, 0.15) is 0 Å². The SMILES string of the molecule is COC(=O)C1=C(c2ccc(Br)cc2)C(Cl)=CCC1. The van der Waals surface area contributed by atoms with Gasteiger partial charge in [-0.05, 0) is 30.5 Å². The van der Waals surface area contributed by atoms with Crippen molar-refractivity contribution in [1.29, 1.82) is 0 Å². The normalized spacial score (nSPS) is 15.4. The first-order valence-electron chi connectivity index (χ1n) is 5.57. The number of carbonyl (C=O) groups excluding carboxylic acids is 1. The lowest BCUT2D eigenvalue weighted by atomic mass is 9.92. The fourth-order valence-corrected chi connectivity index (χ4v) is 2.57. The molecule has 0 spiro atoms. The van der Waals surface area contributed by atoms with E-state index in [1.165, 1.54) is 7.11 Å². The van der Waals surface area contributed by atoms with E-state index in [4.69, 9.17) is 16.3 Å². The molecule has 0 aromatic heterocycles. The number of methoxy groups -OCH3 is 1. The number of ether oxygens (including phenoxy) is 1. The van der Waals surface area contributed by atoms with Gasteiger partial charge in [-0.3, -0.25) is 0 Å². The van der Waals surface area contributed by atoms with Crippen molar-refractivity contribution < 1.29 is 9.53 Å². The lowest BCUT2D eigenvalue weighted by molar-refractivity contribution is -0.136. The molecule has 1 aliphatic rings. The zero-order valence-corrected chi connectivity index (χ0v) is 12.2. The highest BCUT2D eigenvalue weighted by atomic mass is 79.9. The van der Waals surface area contributed by atoms with Crippen molar-refractivity contribution in [2.45, 2.75) is 12.8 Å². The summed E-state index contributed by atoms with van der Waals surface area (Å²) in [4.78, 5) is 11.8. The van der Waals surface area contributed by atoms with Gasteiger partial charge in [0.25, 0.3) is 0 Å². The summed E-state index contributed by atoms with van der Waals surface area (Å²) < 4.78 is 5.81. The molecule has 1 aromatic carbocycles. The Hall–Kier alpha value is -1.06. The van der Waals surface area contributed by atoms with Crippen LogP contribution in [0.15, 0.2) is 45.4 Å². The summed E-state index contributed by atoms with van der Waals surface area (Å²) in [6.45, 7) is 0. The predicted octanol–water partition coefficient (Wildman–Crippen LogP) is 4.29. The van der Waals surface area contributed by atoms with Crippen LogP contribution < -0.4 is 0 Å². The van der Waals surface area contributed by atoms with Crippen LogP contribution >= 0.6 is 27.5 Å². The van der Waals surface area contributed by atoms with Crippen LogP contribution in [0, 0.1) is 0 Å². The predicted molar refractivity (Wildman–Crippen MR) is 76.2 cm³/mol. The van der Waals surface area contributed by atoms with E-state index >= 15 is 0 Å². The average molecular weight is 328 g/mol.